The predicted molar refractivity (Wildman–Crippen MR) is 127 cm³/mol. The van der Waals surface area contributed by atoms with Gasteiger partial charge in [0.15, 0.2) is 5.13 Å². The van der Waals surface area contributed by atoms with Crippen LogP contribution in [0, 0.1) is 19.8 Å². The molecule has 3 aromatic rings. The van der Waals surface area contributed by atoms with Crippen LogP contribution in [0.25, 0.3) is 10.2 Å². The molecule has 0 radical (unpaired) electrons. The number of thiazole rings is 1. The van der Waals surface area contributed by atoms with E-state index in [1.807, 2.05) is 0 Å². The zero-order valence-corrected chi connectivity index (χ0v) is 19.7. The van der Waals surface area contributed by atoms with E-state index in [4.69, 9.17) is 26.1 Å². The van der Waals surface area contributed by atoms with Gasteiger partial charge < -0.3 is 19.7 Å². The second-order valence-corrected chi connectivity index (χ2v) is 9.28. The molecule has 1 aliphatic heterocycles. The van der Waals surface area contributed by atoms with Gasteiger partial charge in [0.2, 0.25) is 5.91 Å². The first-order valence-electron chi connectivity index (χ1n) is 10.2. The number of hydrogen-bond acceptors (Lipinski definition) is 6. The molecule has 1 saturated heterocycles. The first-order valence-corrected chi connectivity index (χ1v) is 11.4. The van der Waals surface area contributed by atoms with Gasteiger partial charge in [0.05, 0.1) is 35.1 Å². The highest BCUT2D eigenvalue weighted by atomic mass is 35.5. The number of piperidine rings is 1. The zero-order chi connectivity index (χ0) is 22.1. The van der Waals surface area contributed by atoms with Gasteiger partial charge in [0, 0.05) is 25.1 Å². The minimum absolute atomic E-state index is 0.0186. The number of anilines is 2. The van der Waals surface area contributed by atoms with Crippen molar-refractivity contribution in [2.75, 3.05) is 37.5 Å². The number of aryl methyl sites for hydroxylation is 2. The van der Waals surface area contributed by atoms with Crippen molar-refractivity contribution in [2.24, 2.45) is 5.92 Å². The minimum atomic E-state index is -0.0693. The second kappa shape index (κ2) is 8.93. The van der Waals surface area contributed by atoms with Crippen molar-refractivity contribution in [3.8, 4) is 11.5 Å². The Kier molecular flexibility index (Phi) is 6.25. The standard InChI is InChI=1S/C23H26ClN3O3S/c1-13-9-14(2)21-20(10-13)31-23(26-21)27-7-5-15(6-8-27)22(28)25-17-11-16(24)18(29-3)12-19(17)30-4/h9-12,15H,5-8H2,1-4H3,(H,25,28). The van der Waals surface area contributed by atoms with Crippen molar-refractivity contribution in [1.29, 1.82) is 0 Å². The van der Waals surface area contributed by atoms with E-state index >= 15 is 0 Å². The Morgan fingerprint density at radius 3 is 2.52 bits per heavy atom. The van der Waals surface area contributed by atoms with Crippen molar-refractivity contribution in [3.63, 3.8) is 0 Å². The molecule has 2 heterocycles. The summed E-state index contributed by atoms with van der Waals surface area (Å²) in [6.07, 6.45) is 1.54. The van der Waals surface area contributed by atoms with E-state index in [0.29, 0.717) is 22.2 Å². The molecule has 1 aliphatic rings. The molecule has 1 N–H and O–H groups in total. The molecule has 31 heavy (non-hydrogen) atoms. The molecule has 1 fully saturated rings. The maximum Gasteiger partial charge on any atom is 0.227 e. The molecule has 6 nitrogen and oxygen atoms in total. The fourth-order valence-corrected chi connectivity index (χ4v) is 5.45. The molecule has 1 aromatic heterocycles. The van der Waals surface area contributed by atoms with Crippen molar-refractivity contribution < 1.29 is 14.3 Å². The molecule has 0 atom stereocenters. The summed E-state index contributed by atoms with van der Waals surface area (Å²) in [5.74, 6) is 0.938. The van der Waals surface area contributed by atoms with Gasteiger partial charge in [-0.15, -0.1) is 0 Å². The zero-order valence-electron chi connectivity index (χ0n) is 18.1. The van der Waals surface area contributed by atoms with Crippen molar-refractivity contribution in [1.82, 2.24) is 4.98 Å². The highest BCUT2D eigenvalue weighted by Gasteiger charge is 2.27. The summed E-state index contributed by atoms with van der Waals surface area (Å²) in [7, 11) is 3.10. The molecular formula is C23H26ClN3O3S. The molecule has 2 aromatic carbocycles. The van der Waals surface area contributed by atoms with Crippen LogP contribution in [0.2, 0.25) is 5.02 Å². The lowest BCUT2D eigenvalue weighted by Crippen LogP contribution is -2.38. The van der Waals surface area contributed by atoms with E-state index in [1.54, 1.807) is 37.7 Å². The van der Waals surface area contributed by atoms with Gasteiger partial charge in [-0.1, -0.05) is 29.0 Å². The Hall–Kier alpha value is -2.51. The Morgan fingerprint density at radius 2 is 1.84 bits per heavy atom. The van der Waals surface area contributed by atoms with Gasteiger partial charge in [-0.25, -0.2) is 4.98 Å². The number of rotatable bonds is 5. The fraction of sp³-hybridized carbons (Fsp3) is 0.391. The van der Waals surface area contributed by atoms with Gasteiger partial charge in [-0.2, -0.15) is 0 Å². The van der Waals surface area contributed by atoms with Crippen molar-refractivity contribution in [3.05, 3.63) is 40.4 Å². The summed E-state index contributed by atoms with van der Waals surface area (Å²) in [5.41, 5.74) is 4.09. The number of fused-ring (bicyclic) bond motifs is 1. The smallest absolute Gasteiger partial charge is 0.227 e. The molecule has 0 saturated carbocycles. The maximum atomic E-state index is 12.9. The quantitative estimate of drug-likeness (QED) is 0.550. The monoisotopic (exact) mass is 459 g/mol. The average molecular weight is 460 g/mol. The van der Waals surface area contributed by atoms with E-state index in [-0.39, 0.29) is 11.8 Å². The third kappa shape index (κ3) is 4.43. The van der Waals surface area contributed by atoms with Crippen molar-refractivity contribution >= 4 is 49.9 Å². The van der Waals surface area contributed by atoms with Crippen LogP contribution in [0.15, 0.2) is 24.3 Å². The number of aromatic nitrogens is 1. The number of ether oxygens (including phenoxy) is 2. The lowest BCUT2D eigenvalue weighted by Gasteiger charge is -2.31. The van der Waals surface area contributed by atoms with Crippen LogP contribution in [-0.4, -0.2) is 38.2 Å². The van der Waals surface area contributed by atoms with E-state index in [1.165, 1.54) is 15.8 Å². The summed E-state index contributed by atoms with van der Waals surface area (Å²) < 4.78 is 11.8. The first-order chi connectivity index (χ1) is 14.9. The number of nitrogens with one attached hydrogen (secondary N) is 1. The van der Waals surface area contributed by atoms with Gasteiger partial charge in [-0.05, 0) is 49.9 Å². The van der Waals surface area contributed by atoms with E-state index in [2.05, 4.69) is 36.2 Å². The highest BCUT2D eigenvalue weighted by Crippen LogP contribution is 2.37. The molecule has 8 heteroatoms. The Bertz CT molecular complexity index is 1120. The molecule has 0 unspecified atom stereocenters. The Labute approximate surface area is 191 Å². The highest BCUT2D eigenvalue weighted by molar-refractivity contribution is 7.22. The van der Waals surface area contributed by atoms with Gasteiger partial charge in [-0.3, -0.25) is 4.79 Å². The number of halogens is 1. The van der Waals surface area contributed by atoms with Crippen LogP contribution < -0.4 is 19.7 Å². The number of benzene rings is 2. The third-order valence-electron chi connectivity index (χ3n) is 5.69. The first kappa shape index (κ1) is 21.7. The number of methoxy groups -OCH3 is 2. The largest absolute Gasteiger partial charge is 0.495 e. The van der Waals surface area contributed by atoms with Gasteiger partial charge in [0.25, 0.3) is 0 Å². The topological polar surface area (TPSA) is 63.7 Å². The third-order valence-corrected chi connectivity index (χ3v) is 7.05. The lowest BCUT2D eigenvalue weighted by atomic mass is 9.96. The SMILES string of the molecule is COc1cc(OC)c(NC(=O)C2CCN(c3nc4c(C)cc(C)cc4s3)CC2)cc1Cl. The molecule has 0 spiro atoms. The summed E-state index contributed by atoms with van der Waals surface area (Å²) in [6.45, 7) is 5.82. The van der Waals surface area contributed by atoms with Crippen LogP contribution in [0.4, 0.5) is 10.8 Å². The predicted octanol–water partition coefficient (Wildman–Crippen LogP) is 5.44. The maximum absolute atomic E-state index is 12.9. The van der Waals surface area contributed by atoms with Crippen LogP contribution in [-0.2, 0) is 4.79 Å². The minimum Gasteiger partial charge on any atom is -0.495 e. The summed E-state index contributed by atoms with van der Waals surface area (Å²) in [4.78, 5) is 20.0. The second-order valence-electron chi connectivity index (χ2n) is 7.86. The fourth-order valence-electron chi connectivity index (χ4n) is 4.02. The van der Waals surface area contributed by atoms with Crippen LogP contribution in [0.1, 0.15) is 24.0 Å². The van der Waals surface area contributed by atoms with E-state index in [0.717, 1.165) is 36.6 Å². The molecule has 1 amide bonds. The van der Waals surface area contributed by atoms with Crippen LogP contribution in [0.5, 0.6) is 11.5 Å². The molecule has 4 rings (SSSR count). The van der Waals surface area contributed by atoms with E-state index < -0.39 is 0 Å². The summed E-state index contributed by atoms with van der Waals surface area (Å²) in [6, 6.07) is 7.70. The molecule has 0 bridgehead atoms. The van der Waals surface area contributed by atoms with Crippen LogP contribution in [0.3, 0.4) is 0 Å². The number of nitrogens with zero attached hydrogens (tertiary/aromatic N) is 2. The lowest BCUT2D eigenvalue weighted by molar-refractivity contribution is -0.120. The molecule has 0 aliphatic carbocycles. The number of amides is 1. The Balaban J connectivity index is 1.43. The van der Waals surface area contributed by atoms with E-state index in [9.17, 15) is 4.79 Å². The summed E-state index contributed by atoms with van der Waals surface area (Å²) in [5, 5.41) is 4.44. The number of carbonyl (C=O) groups is 1. The molecular weight excluding hydrogens is 434 g/mol. The normalized spacial score (nSPS) is 14.7. The average Bonchev–Trinajstić information content (AvgIpc) is 3.18. The number of hydrogen-bond donors (Lipinski definition) is 1. The molecule has 164 valence electrons. The van der Waals surface area contributed by atoms with Gasteiger partial charge >= 0.3 is 0 Å². The summed E-state index contributed by atoms with van der Waals surface area (Å²) >= 11 is 7.95. The van der Waals surface area contributed by atoms with Gasteiger partial charge in [0.1, 0.15) is 11.5 Å². The number of carbonyl (C=O) groups excluding carboxylic acids is 1. The Morgan fingerprint density at radius 1 is 1.13 bits per heavy atom. The van der Waals surface area contributed by atoms with Crippen molar-refractivity contribution in [2.45, 2.75) is 26.7 Å². The van der Waals surface area contributed by atoms with Crippen LogP contribution >= 0.6 is 22.9 Å².